The van der Waals surface area contributed by atoms with E-state index in [9.17, 15) is 9.59 Å². The molecule has 0 bridgehead atoms. The third-order valence-corrected chi connectivity index (χ3v) is 4.78. The number of hydrogen-bond acceptors (Lipinski definition) is 3. The third kappa shape index (κ3) is 5.91. The van der Waals surface area contributed by atoms with Crippen LogP contribution in [0.25, 0.3) is 0 Å². The number of nitrogens with zero attached hydrogens (tertiary/aromatic N) is 1. The Morgan fingerprint density at radius 2 is 2.08 bits per heavy atom. The molecule has 0 spiro atoms. The third-order valence-electron chi connectivity index (χ3n) is 4.29. The molecule has 1 heterocycles. The van der Waals surface area contributed by atoms with Gasteiger partial charge in [-0.1, -0.05) is 28.1 Å². The number of hydrogen-bond donors (Lipinski definition) is 1. The molecule has 1 aromatic carbocycles. The van der Waals surface area contributed by atoms with E-state index in [0.717, 1.165) is 29.3 Å². The van der Waals surface area contributed by atoms with Crippen molar-refractivity contribution in [1.82, 2.24) is 10.2 Å². The fraction of sp³-hybridized carbons (Fsp3) is 0.556. The number of rotatable bonds is 7. The molecular weight excluding hydrogens is 372 g/mol. The maximum atomic E-state index is 12.4. The number of halogens is 1. The molecule has 0 radical (unpaired) electrons. The van der Waals surface area contributed by atoms with E-state index in [1.807, 2.05) is 29.2 Å². The van der Waals surface area contributed by atoms with Gasteiger partial charge in [0, 0.05) is 43.7 Å². The Labute approximate surface area is 151 Å². The SMILES string of the molecule is COCCCNC(=O)C1CCN(C(=O)Cc2cccc(Br)c2)CC1. The van der Waals surface area contributed by atoms with Crippen LogP contribution in [0.15, 0.2) is 28.7 Å². The smallest absolute Gasteiger partial charge is 0.226 e. The van der Waals surface area contributed by atoms with Crippen LogP contribution in [-0.4, -0.2) is 50.1 Å². The highest BCUT2D eigenvalue weighted by Crippen LogP contribution is 2.19. The fourth-order valence-corrected chi connectivity index (χ4v) is 3.34. The van der Waals surface area contributed by atoms with Gasteiger partial charge in [-0.05, 0) is 37.0 Å². The largest absolute Gasteiger partial charge is 0.385 e. The maximum Gasteiger partial charge on any atom is 0.226 e. The summed E-state index contributed by atoms with van der Waals surface area (Å²) in [5.41, 5.74) is 1.01. The zero-order valence-electron chi connectivity index (χ0n) is 14.1. The lowest BCUT2D eigenvalue weighted by atomic mass is 9.95. The van der Waals surface area contributed by atoms with Crippen LogP contribution in [0.4, 0.5) is 0 Å². The Morgan fingerprint density at radius 1 is 1.33 bits per heavy atom. The molecule has 1 fully saturated rings. The Bertz CT molecular complexity index is 557. The van der Waals surface area contributed by atoms with Gasteiger partial charge in [-0.15, -0.1) is 0 Å². The van der Waals surface area contributed by atoms with Gasteiger partial charge in [0.1, 0.15) is 0 Å². The standard InChI is InChI=1S/C18H25BrN2O3/c1-24-11-3-8-20-18(23)15-6-9-21(10-7-15)17(22)13-14-4-2-5-16(19)12-14/h2,4-5,12,15H,3,6-11,13H2,1H3,(H,20,23). The van der Waals surface area contributed by atoms with E-state index in [-0.39, 0.29) is 17.7 Å². The number of amides is 2. The van der Waals surface area contributed by atoms with Crippen LogP contribution in [0.3, 0.4) is 0 Å². The molecular formula is C18H25BrN2O3. The number of nitrogens with one attached hydrogen (secondary N) is 1. The molecule has 1 N–H and O–H groups in total. The van der Waals surface area contributed by atoms with Crippen molar-refractivity contribution in [2.75, 3.05) is 33.4 Å². The van der Waals surface area contributed by atoms with Gasteiger partial charge in [-0.3, -0.25) is 9.59 Å². The molecule has 132 valence electrons. The number of ether oxygens (including phenoxy) is 1. The molecule has 1 aliphatic rings. The van der Waals surface area contributed by atoms with Crippen LogP contribution < -0.4 is 5.32 Å². The summed E-state index contributed by atoms with van der Waals surface area (Å²) in [7, 11) is 1.66. The minimum Gasteiger partial charge on any atom is -0.385 e. The van der Waals surface area contributed by atoms with Crippen LogP contribution >= 0.6 is 15.9 Å². The molecule has 0 unspecified atom stereocenters. The monoisotopic (exact) mass is 396 g/mol. The summed E-state index contributed by atoms with van der Waals surface area (Å²) in [6.07, 6.45) is 2.71. The number of piperidine rings is 1. The van der Waals surface area contributed by atoms with Gasteiger partial charge in [0.25, 0.3) is 0 Å². The van der Waals surface area contributed by atoms with E-state index in [2.05, 4.69) is 21.2 Å². The number of methoxy groups -OCH3 is 1. The van der Waals surface area contributed by atoms with E-state index < -0.39 is 0 Å². The lowest BCUT2D eigenvalue weighted by molar-refractivity contribution is -0.135. The summed E-state index contributed by atoms with van der Waals surface area (Å²) >= 11 is 3.43. The highest BCUT2D eigenvalue weighted by Gasteiger charge is 2.27. The molecule has 1 saturated heterocycles. The fourth-order valence-electron chi connectivity index (χ4n) is 2.90. The lowest BCUT2D eigenvalue weighted by Gasteiger charge is -2.31. The van der Waals surface area contributed by atoms with Crippen molar-refractivity contribution in [2.45, 2.75) is 25.7 Å². The Kier molecular flexibility index (Phi) is 7.72. The van der Waals surface area contributed by atoms with E-state index >= 15 is 0 Å². The molecule has 5 nitrogen and oxygen atoms in total. The molecule has 0 aliphatic carbocycles. The summed E-state index contributed by atoms with van der Waals surface area (Å²) in [5, 5.41) is 2.95. The van der Waals surface area contributed by atoms with Crippen LogP contribution in [0.5, 0.6) is 0 Å². The average molecular weight is 397 g/mol. The predicted molar refractivity (Wildman–Crippen MR) is 96.7 cm³/mol. The van der Waals surface area contributed by atoms with E-state index in [4.69, 9.17) is 4.74 Å². The van der Waals surface area contributed by atoms with E-state index in [0.29, 0.717) is 32.7 Å². The highest BCUT2D eigenvalue weighted by molar-refractivity contribution is 9.10. The molecule has 24 heavy (non-hydrogen) atoms. The molecule has 1 aliphatic heterocycles. The lowest BCUT2D eigenvalue weighted by Crippen LogP contribution is -2.43. The first-order valence-corrected chi connectivity index (χ1v) is 9.18. The zero-order chi connectivity index (χ0) is 17.4. The highest BCUT2D eigenvalue weighted by atomic mass is 79.9. The second-order valence-electron chi connectivity index (χ2n) is 6.10. The van der Waals surface area contributed by atoms with Gasteiger partial charge < -0.3 is 15.0 Å². The number of benzene rings is 1. The summed E-state index contributed by atoms with van der Waals surface area (Å²) < 4.78 is 5.95. The first-order chi connectivity index (χ1) is 11.6. The minimum atomic E-state index is 0.0162. The normalized spacial score (nSPS) is 15.3. The second-order valence-corrected chi connectivity index (χ2v) is 7.01. The molecule has 1 aromatic rings. The van der Waals surface area contributed by atoms with Crippen LogP contribution in [0.1, 0.15) is 24.8 Å². The Balaban J connectivity index is 1.73. The molecule has 6 heteroatoms. The Hall–Kier alpha value is -1.40. The van der Waals surface area contributed by atoms with Crippen LogP contribution in [0, 0.1) is 5.92 Å². The first kappa shape index (κ1) is 18.9. The molecule has 2 amide bonds. The van der Waals surface area contributed by atoms with Gasteiger partial charge in [0.2, 0.25) is 11.8 Å². The van der Waals surface area contributed by atoms with Gasteiger partial charge >= 0.3 is 0 Å². The van der Waals surface area contributed by atoms with Crippen molar-refractivity contribution in [3.8, 4) is 0 Å². The van der Waals surface area contributed by atoms with E-state index in [1.165, 1.54) is 0 Å². The zero-order valence-corrected chi connectivity index (χ0v) is 15.7. The number of likely N-dealkylation sites (tertiary alicyclic amines) is 1. The van der Waals surface area contributed by atoms with Crippen LogP contribution in [-0.2, 0) is 20.7 Å². The number of carbonyl (C=O) groups excluding carboxylic acids is 2. The molecule has 0 saturated carbocycles. The second kappa shape index (κ2) is 9.79. The number of carbonyl (C=O) groups is 2. The molecule has 0 atom stereocenters. The van der Waals surface area contributed by atoms with Gasteiger partial charge in [0.15, 0.2) is 0 Å². The summed E-state index contributed by atoms with van der Waals surface area (Å²) in [6.45, 7) is 2.61. The topological polar surface area (TPSA) is 58.6 Å². The first-order valence-electron chi connectivity index (χ1n) is 8.39. The Morgan fingerprint density at radius 3 is 2.75 bits per heavy atom. The summed E-state index contributed by atoms with van der Waals surface area (Å²) in [5.74, 6) is 0.250. The summed E-state index contributed by atoms with van der Waals surface area (Å²) in [6, 6.07) is 7.82. The van der Waals surface area contributed by atoms with Gasteiger partial charge in [-0.2, -0.15) is 0 Å². The van der Waals surface area contributed by atoms with Crippen molar-refractivity contribution in [3.63, 3.8) is 0 Å². The predicted octanol–water partition coefficient (Wildman–Crippen LogP) is 2.38. The van der Waals surface area contributed by atoms with Crippen molar-refractivity contribution in [1.29, 1.82) is 0 Å². The van der Waals surface area contributed by atoms with E-state index in [1.54, 1.807) is 7.11 Å². The van der Waals surface area contributed by atoms with Gasteiger partial charge in [0.05, 0.1) is 6.42 Å². The van der Waals surface area contributed by atoms with Crippen molar-refractivity contribution >= 4 is 27.7 Å². The van der Waals surface area contributed by atoms with Crippen molar-refractivity contribution < 1.29 is 14.3 Å². The molecule has 0 aromatic heterocycles. The van der Waals surface area contributed by atoms with Gasteiger partial charge in [-0.25, -0.2) is 0 Å². The van der Waals surface area contributed by atoms with Crippen molar-refractivity contribution in [3.05, 3.63) is 34.3 Å². The minimum absolute atomic E-state index is 0.0162. The quantitative estimate of drug-likeness (QED) is 0.719. The maximum absolute atomic E-state index is 12.4. The van der Waals surface area contributed by atoms with Crippen LogP contribution in [0.2, 0.25) is 0 Å². The average Bonchev–Trinajstić information content (AvgIpc) is 2.58. The summed E-state index contributed by atoms with van der Waals surface area (Å²) in [4.78, 5) is 26.4. The molecule has 2 rings (SSSR count). The van der Waals surface area contributed by atoms with Crippen molar-refractivity contribution in [2.24, 2.45) is 5.92 Å².